The van der Waals surface area contributed by atoms with Crippen LogP contribution >= 0.6 is 0 Å². The predicted octanol–water partition coefficient (Wildman–Crippen LogP) is 6.28. The summed E-state index contributed by atoms with van der Waals surface area (Å²) in [5, 5.41) is 9.25. The van der Waals surface area contributed by atoms with Gasteiger partial charge in [0.15, 0.2) is 5.60 Å². The second kappa shape index (κ2) is 10.8. The van der Waals surface area contributed by atoms with E-state index in [-0.39, 0.29) is 5.92 Å². The fourth-order valence-electron chi connectivity index (χ4n) is 4.33. The summed E-state index contributed by atoms with van der Waals surface area (Å²) in [5.41, 5.74) is 3.19. The van der Waals surface area contributed by atoms with Crippen molar-refractivity contribution in [3.05, 3.63) is 40.8 Å². The van der Waals surface area contributed by atoms with Gasteiger partial charge in [-0.3, -0.25) is 0 Å². The van der Waals surface area contributed by atoms with Crippen molar-refractivity contribution in [2.75, 3.05) is 13.2 Å². The molecule has 6 nitrogen and oxygen atoms in total. The quantitative estimate of drug-likeness (QED) is 0.452. The third-order valence-electron chi connectivity index (χ3n) is 6.68. The Morgan fingerprint density at radius 3 is 2.52 bits per heavy atom. The molecule has 1 saturated carbocycles. The van der Waals surface area contributed by atoms with E-state index in [1.165, 1.54) is 11.1 Å². The highest BCUT2D eigenvalue weighted by atomic mass is 16.5. The Bertz CT molecular complexity index is 946. The summed E-state index contributed by atoms with van der Waals surface area (Å²) in [6.07, 6.45) is 4.32. The maximum absolute atomic E-state index is 11.3. The van der Waals surface area contributed by atoms with Gasteiger partial charge in [0.1, 0.15) is 11.5 Å². The molecule has 2 aromatic rings. The van der Waals surface area contributed by atoms with Gasteiger partial charge in [0.2, 0.25) is 5.89 Å². The fourth-order valence-corrected chi connectivity index (χ4v) is 4.33. The molecule has 1 heterocycles. The second-order valence-electron chi connectivity index (χ2n) is 10.3. The Kier molecular flexibility index (Phi) is 8.35. The van der Waals surface area contributed by atoms with Gasteiger partial charge in [0.25, 0.3) is 0 Å². The third kappa shape index (κ3) is 6.67. The Labute approximate surface area is 197 Å². The molecule has 0 spiro atoms. The van der Waals surface area contributed by atoms with Gasteiger partial charge in [-0.2, -0.15) is 0 Å². The minimum atomic E-state index is -1.14. The summed E-state index contributed by atoms with van der Waals surface area (Å²) >= 11 is 0. The van der Waals surface area contributed by atoms with Gasteiger partial charge in [-0.1, -0.05) is 26.3 Å². The van der Waals surface area contributed by atoms with Crippen molar-refractivity contribution in [2.45, 2.75) is 85.4 Å². The standard InChI is InChI=1S/C27H39NO5/c1-17(2)24-23(28-25(33-24)22-11-10-18(3)19(4)12-22)16-31-14-20-8-7-9-21(13-20)15-32-27(5,6)26(29)30/h10-12,17,20-21H,7-9,13-16H2,1-6H3,(H,29,30)/t20-,21+/m0/s1. The molecule has 1 fully saturated rings. The van der Waals surface area contributed by atoms with E-state index in [9.17, 15) is 9.90 Å². The summed E-state index contributed by atoms with van der Waals surface area (Å²) in [4.78, 5) is 16.1. The number of aromatic nitrogens is 1. The van der Waals surface area contributed by atoms with Gasteiger partial charge in [-0.25, -0.2) is 9.78 Å². The fraction of sp³-hybridized carbons (Fsp3) is 0.630. The van der Waals surface area contributed by atoms with Crippen LogP contribution in [-0.2, 0) is 20.9 Å². The van der Waals surface area contributed by atoms with Crippen molar-refractivity contribution in [3.63, 3.8) is 0 Å². The number of hydrogen-bond donors (Lipinski definition) is 1. The van der Waals surface area contributed by atoms with Crippen molar-refractivity contribution in [1.29, 1.82) is 0 Å². The van der Waals surface area contributed by atoms with Gasteiger partial charge >= 0.3 is 5.97 Å². The highest BCUT2D eigenvalue weighted by molar-refractivity contribution is 5.76. The van der Waals surface area contributed by atoms with E-state index in [1.807, 2.05) is 0 Å². The number of aryl methyl sites for hydroxylation is 2. The van der Waals surface area contributed by atoms with Crippen LogP contribution < -0.4 is 0 Å². The Balaban J connectivity index is 1.56. The lowest BCUT2D eigenvalue weighted by molar-refractivity contribution is -0.163. The molecule has 33 heavy (non-hydrogen) atoms. The summed E-state index contributed by atoms with van der Waals surface area (Å²) in [7, 11) is 0. The Morgan fingerprint density at radius 2 is 1.88 bits per heavy atom. The predicted molar refractivity (Wildman–Crippen MR) is 128 cm³/mol. The second-order valence-corrected chi connectivity index (χ2v) is 10.3. The molecule has 2 atom stereocenters. The lowest BCUT2D eigenvalue weighted by atomic mass is 9.82. The lowest BCUT2D eigenvalue weighted by Crippen LogP contribution is -2.37. The van der Waals surface area contributed by atoms with Gasteiger partial charge in [-0.15, -0.1) is 0 Å². The first-order chi connectivity index (χ1) is 15.6. The van der Waals surface area contributed by atoms with Crippen molar-refractivity contribution >= 4 is 5.97 Å². The largest absolute Gasteiger partial charge is 0.479 e. The molecule has 6 heteroatoms. The van der Waals surface area contributed by atoms with Crippen LogP contribution in [0.1, 0.15) is 81.9 Å². The number of benzene rings is 1. The number of oxazole rings is 1. The van der Waals surface area contributed by atoms with E-state index in [0.29, 0.717) is 37.5 Å². The molecule has 1 aliphatic carbocycles. The molecule has 0 saturated heterocycles. The number of hydrogen-bond acceptors (Lipinski definition) is 5. The van der Waals surface area contributed by atoms with Crippen molar-refractivity contribution in [1.82, 2.24) is 4.98 Å². The first-order valence-electron chi connectivity index (χ1n) is 12.1. The van der Waals surface area contributed by atoms with Crippen LogP contribution in [0, 0.1) is 25.7 Å². The molecule has 1 aromatic heterocycles. The third-order valence-corrected chi connectivity index (χ3v) is 6.68. The van der Waals surface area contributed by atoms with Gasteiger partial charge in [0.05, 0.1) is 13.2 Å². The van der Waals surface area contributed by atoms with E-state index in [2.05, 4.69) is 45.9 Å². The molecular weight excluding hydrogens is 418 g/mol. The first-order valence-corrected chi connectivity index (χ1v) is 12.1. The minimum Gasteiger partial charge on any atom is -0.479 e. The molecule has 1 N–H and O–H groups in total. The number of nitrogens with zero attached hydrogens (tertiary/aromatic N) is 1. The van der Waals surface area contributed by atoms with Crippen LogP contribution in [0.3, 0.4) is 0 Å². The van der Waals surface area contributed by atoms with Crippen LogP contribution in [0.2, 0.25) is 0 Å². The normalized spacial score (nSPS) is 19.2. The van der Waals surface area contributed by atoms with E-state index < -0.39 is 11.6 Å². The van der Waals surface area contributed by atoms with Gasteiger partial charge < -0.3 is 19.0 Å². The van der Waals surface area contributed by atoms with E-state index in [1.54, 1.807) is 13.8 Å². The number of ether oxygens (including phenoxy) is 2. The van der Waals surface area contributed by atoms with E-state index >= 15 is 0 Å². The van der Waals surface area contributed by atoms with Crippen LogP contribution in [0.5, 0.6) is 0 Å². The minimum absolute atomic E-state index is 0.227. The van der Waals surface area contributed by atoms with Crippen molar-refractivity contribution in [2.24, 2.45) is 11.8 Å². The molecule has 1 aromatic carbocycles. The number of carboxylic acids is 1. The molecule has 0 radical (unpaired) electrons. The number of carboxylic acid groups (broad SMARTS) is 1. The maximum atomic E-state index is 11.3. The van der Waals surface area contributed by atoms with Gasteiger partial charge in [0, 0.05) is 18.1 Å². The van der Waals surface area contributed by atoms with Crippen molar-refractivity contribution < 1.29 is 23.8 Å². The summed E-state index contributed by atoms with van der Waals surface area (Å²) in [6.45, 7) is 13.2. The smallest absolute Gasteiger partial charge is 0.335 e. The Morgan fingerprint density at radius 1 is 1.18 bits per heavy atom. The average Bonchev–Trinajstić information content (AvgIpc) is 3.19. The van der Waals surface area contributed by atoms with Crippen LogP contribution in [0.15, 0.2) is 22.6 Å². The molecule has 0 amide bonds. The number of rotatable bonds is 10. The number of carbonyl (C=O) groups is 1. The summed E-state index contributed by atoms with van der Waals surface area (Å²) < 4.78 is 18.0. The average molecular weight is 458 g/mol. The highest BCUT2D eigenvalue weighted by Gasteiger charge is 2.31. The Hall–Kier alpha value is -2.18. The SMILES string of the molecule is Cc1ccc(-c2nc(COC[C@H]3CCC[C@@H](COC(C)(C)C(=O)O)C3)c(C(C)C)o2)cc1C. The first kappa shape index (κ1) is 25.4. The molecular formula is C27H39NO5. The van der Waals surface area contributed by atoms with E-state index in [4.69, 9.17) is 18.9 Å². The zero-order chi connectivity index (χ0) is 24.2. The molecule has 0 aliphatic heterocycles. The molecule has 1 aliphatic rings. The summed E-state index contributed by atoms with van der Waals surface area (Å²) in [6, 6.07) is 6.27. The van der Waals surface area contributed by atoms with Crippen LogP contribution in [0.25, 0.3) is 11.5 Å². The van der Waals surface area contributed by atoms with Crippen molar-refractivity contribution in [3.8, 4) is 11.5 Å². The monoisotopic (exact) mass is 457 g/mol. The van der Waals surface area contributed by atoms with Crippen LogP contribution in [0.4, 0.5) is 0 Å². The van der Waals surface area contributed by atoms with E-state index in [0.717, 1.165) is 42.7 Å². The molecule has 0 unspecified atom stereocenters. The topological polar surface area (TPSA) is 81.8 Å². The van der Waals surface area contributed by atoms with Gasteiger partial charge in [-0.05, 0) is 82.1 Å². The summed E-state index contributed by atoms with van der Waals surface area (Å²) in [5.74, 6) is 1.66. The highest BCUT2D eigenvalue weighted by Crippen LogP contribution is 2.32. The molecule has 0 bridgehead atoms. The number of aliphatic carboxylic acids is 1. The van der Waals surface area contributed by atoms with Crippen LogP contribution in [-0.4, -0.2) is 34.9 Å². The molecule has 3 rings (SSSR count). The zero-order valence-corrected chi connectivity index (χ0v) is 20.9. The maximum Gasteiger partial charge on any atom is 0.335 e. The molecule has 182 valence electrons. The lowest BCUT2D eigenvalue weighted by Gasteiger charge is -2.31. The zero-order valence-electron chi connectivity index (χ0n) is 20.9.